The van der Waals surface area contributed by atoms with Gasteiger partial charge in [-0.05, 0) is 43.9 Å². The van der Waals surface area contributed by atoms with Crippen LogP contribution in [0.1, 0.15) is 22.7 Å². The van der Waals surface area contributed by atoms with Crippen LogP contribution in [-0.2, 0) is 6.54 Å². The molecular formula is C16H24N4S2. The molecule has 4 nitrogen and oxygen atoms in total. The van der Waals surface area contributed by atoms with Gasteiger partial charge in [0.25, 0.3) is 0 Å². The zero-order chi connectivity index (χ0) is 15.8. The molecule has 0 fully saturated rings. The number of hydrogen-bond acceptors (Lipinski definition) is 4. The summed E-state index contributed by atoms with van der Waals surface area (Å²) < 4.78 is 0. The normalized spacial score (nSPS) is 13.4. The fraction of sp³-hybridized carbons (Fsp3) is 0.438. The molecule has 0 spiro atoms. The maximum atomic E-state index is 4.66. The number of rotatable bonds is 7. The minimum atomic E-state index is 0.352. The van der Waals surface area contributed by atoms with Gasteiger partial charge < -0.3 is 15.5 Å². The van der Waals surface area contributed by atoms with Crippen LogP contribution in [0.2, 0.25) is 0 Å². The van der Waals surface area contributed by atoms with Crippen LogP contribution < -0.4 is 10.6 Å². The second kappa shape index (κ2) is 8.92. The van der Waals surface area contributed by atoms with Crippen molar-refractivity contribution in [3.63, 3.8) is 0 Å². The van der Waals surface area contributed by atoms with E-state index in [-0.39, 0.29) is 0 Å². The average Bonchev–Trinajstić information content (AvgIpc) is 3.18. The number of nitrogens with zero attached hydrogens (tertiary/aromatic N) is 2. The molecule has 1 unspecified atom stereocenters. The summed E-state index contributed by atoms with van der Waals surface area (Å²) in [4.78, 5) is 9.54. The maximum absolute atomic E-state index is 4.66. The van der Waals surface area contributed by atoms with Crippen molar-refractivity contribution in [2.24, 2.45) is 4.99 Å². The molecule has 0 bridgehead atoms. The highest BCUT2D eigenvalue weighted by Gasteiger charge is 2.15. The standard InChI is InChI=1S/C16H24N4S2/c1-4-17-16(18-11-13-7-5-9-21-13)19-12-14(20(2)3)15-8-6-10-22-15/h5-10,14H,4,11-12H2,1-3H3,(H2,17,18,19). The molecule has 2 aromatic rings. The minimum Gasteiger partial charge on any atom is -0.357 e. The van der Waals surface area contributed by atoms with Gasteiger partial charge in [-0.3, -0.25) is 0 Å². The van der Waals surface area contributed by atoms with Crippen molar-refractivity contribution in [1.29, 1.82) is 0 Å². The zero-order valence-corrected chi connectivity index (χ0v) is 15.0. The van der Waals surface area contributed by atoms with Crippen LogP contribution in [0.25, 0.3) is 0 Å². The first-order valence-electron chi connectivity index (χ1n) is 7.45. The van der Waals surface area contributed by atoms with E-state index in [2.05, 4.69) is 76.6 Å². The predicted molar refractivity (Wildman–Crippen MR) is 97.9 cm³/mol. The first-order valence-corrected chi connectivity index (χ1v) is 9.21. The molecular weight excluding hydrogens is 312 g/mol. The first-order chi connectivity index (χ1) is 10.7. The van der Waals surface area contributed by atoms with E-state index >= 15 is 0 Å². The molecule has 0 aromatic carbocycles. The SMILES string of the molecule is CCNC(=NCc1cccs1)NCC(c1cccs1)N(C)C. The van der Waals surface area contributed by atoms with Crippen molar-refractivity contribution >= 4 is 28.6 Å². The van der Waals surface area contributed by atoms with Crippen molar-refractivity contribution in [3.05, 3.63) is 44.8 Å². The molecule has 6 heteroatoms. The minimum absolute atomic E-state index is 0.352. The molecule has 2 heterocycles. The third kappa shape index (κ3) is 5.12. The third-order valence-corrected chi connectivity index (χ3v) is 5.11. The van der Waals surface area contributed by atoms with Crippen LogP contribution in [-0.4, -0.2) is 38.0 Å². The van der Waals surface area contributed by atoms with Crippen molar-refractivity contribution in [2.45, 2.75) is 19.5 Å². The summed E-state index contributed by atoms with van der Waals surface area (Å²) in [6.07, 6.45) is 0. The molecule has 0 aliphatic heterocycles. The van der Waals surface area contributed by atoms with Crippen LogP contribution in [0.3, 0.4) is 0 Å². The summed E-state index contributed by atoms with van der Waals surface area (Å²) in [6, 6.07) is 8.82. The van der Waals surface area contributed by atoms with E-state index in [9.17, 15) is 0 Å². The highest BCUT2D eigenvalue weighted by molar-refractivity contribution is 7.10. The van der Waals surface area contributed by atoms with Crippen LogP contribution in [0.5, 0.6) is 0 Å². The number of nitrogens with one attached hydrogen (secondary N) is 2. The quantitative estimate of drug-likeness (QED) is 0.603. The Hall–Kier alpha value is -1.37. The van der Waals surface area contributed by atoms with Crippen molar-refractivity contribution in [1.82, 2.24) is 15.5 Å². The van der Waals surface area contributed by atoms with Gasteiger partial charge in [0.1, 0.15) is 0 Å². The van der Waals surface area contributed by atoms with Gasteiger partial charge in [-0.2, -0.15) is 0 Å². The number of thiophene rings is 2. The average molecular weight is 337 g/mol. The summed E-state index contributed by atoms with van der Waals surface area (Å²) in [5.41, 5.74) is 0. The largest absolute Gasteiger partial charge is 0.357 e. The topological polar surface area (TPSA) is 39.7 Å². The van der Waals surface area contributed by atoms with E-state index in [1.54, 1.807) is 22.7 Å². The maximum Gasteiger partial charge on any atom is 0.191 e. The summed E-state index contributed by atoms with van der Waals surface area (Å²) in [5.74, 6) is 0.874. The second-order valence-electron chi connectivity index (χ2n) is 5.15. The number of likely N-dealkylation sites (N-methyl/N-ethyl adjacent to an activating group) is 1. The number of aliphatic imine (C=N–C) groups is 1. The van der Waals surface area contributed by atoms with Crippen LogP contribution in [0, 0.1) is 0 Å². The van der Waals surface area contributed by atoms with E-state index in [4.69, 9.17) is 0 Å². The third-order valence-electron chi connectivity index (χ3n) is 3.28. The lowest BCUT2D eigenvalue weighted by molar-refractivity contribution is 0.302. The van der Waals surface area contributed by atoms with Gasteiger partial charge in [-0.25, -0.2) is 4.99 Å². The van der Waals surface area contributed by atoms with E-state index in [0.717, 1.165) is 25.6 Å². The summed E-state index contributed by atoms with van der Waals surface area (Å²) in [7, 11) is 4.23. The Morgan fingerprint density at radius 3 is 2.55 bits per heavy atom. The predicted octanol–water partition coefficient (Wildman–Crippen LogP) is 3.17. The van der Waals surface area contributed by atoms with Gasteiger partial charge in [-0.1, -0.05) is 12.1 Å². The molecule has 2 rings (SSSR count). The fourth-order valence-electron chi connectivity index (χ4n) is 2.11. The molecule has 0 amide bonds. The van der Waals surface area contributed by atoms with Crippen LogP contribution in [0.4, 0.5) is 0 Å². The lowest BCUT2D eigenvalue weighted by Crippen LogP contribution is -2.41. The molecule has 0 aliphatic carbocycles. The Kier molecular flexibility index (Phi) is 6.89. The van der Waals surface area contributed by atoms with Crippen molar-refractivity contribution < 1.29 is 0 Å². The summed E-state index contributed by atoms with van der Waals surface area (Å²) in [6.45, 7) is 4.51. The van der Waals surface area contributed by atoms with Gasteiger partial charge >= 0.3 is 0 Å². The monoisotopic (exact) mass is 336 g/mol. The Balaban J connectivity index is 1.96. The van der Waals surface area contributed by atoms with Gasteiger partial charge in [0.05, 0.1) is 12.6 Å². The van der Waals surface area contributed by atoms with E-state index in [1.165, 1.54) is 9.75 Å². The Morgan fingerprint density at radius 1 is 1.18 bits per heavy atom. The first kappa shape index (κ1) is 17.0. The highest BCUT2D eigenvalue weighted by Crippen LogP contribution is 2.22. The lowest BCUT2D eigenvalue weighted by Gasteiger charge is -2.24. The Morgan fingerprint density at radius 2 is 1.95 bits per heavy atom. The van der Waals surface area contributed by atoms with E-state index < -0.39 is 0 Å². The molecule has 2 aromatic heterocycles. The number of hydrogen-bond donors (Lipinski definition) is 2. The fourth-order valence-corrected chi connectivity index (χ4v) is 3.66. The van der Waals surface area contributed by atoms with Crippen LogP contribution in [0.15, 0.2) is 40.0 Å². The number of guanidine groups is 1. The molecule has 0 saturated carbocycles. The van der Waals surface area contributed by atoms with Crippen molar-refractivity contribution in [3.8, 4) is 0 Å². The van der Waals surface area contributed by atoms with Gasteiger partial charge in [-0.15, -0.1) is 22.7 Å². The Bertz CT molecular complexity index is 547. The molecule has 1 atom stereocenters. The van der Waals surface area contributed by atoms with E-state index in [0.29, 0.717) is 6.04 Å². The highest BCUT2D eigenvalue weighted by atomic mass is 32.1. The summed E-state index contributed by atoms with van der Waals surface area (Å²) >= 11 is 3.54. The smallest absolute Gasteiger partial charge is 0.191 e. The second-order valence-corrected chi connectivity index (χ2v) is 7.16. The molecule has 0 radical (unpaired) electrons. The molecule has 2 N–H and O–H groups in total. The Labute approximate surface area is 140 Å². The van der Waals surface area contributed by atoms with Gasteiger partial charge in [0, 0.05) is 22.8 Å². The van der Waals surface area contributed by atoms with Gasteiger partial charge in [0.15, 0.2) is 5.96 Å². The zero-order valence-electron chi connectivity index (χ0n) is 13.4. The molecule has 120 valence electrons. The van der Waals surface area contributed by atoms with E-state index in [1.807, 2.05) is 0 Å². The van der Waals surface area contributed by atoms with Crippen molar-refractivity contribution in [2.75, 3.05) is 27.2 Å². The molecule has 22 heavy (non-hydrogen) atoms. The van der Waals surface area contributed by atoms with Gasteiger partial charge in [0.2, 0.25) is 0 Å². The molecule has 0 aliphatic rings. The lowest BCUT2D eigenvalue weighted by atomic mass is 10.2. The molecule has 0 saturated heterocycles. The van der Waals surface area contributed by atoms with Crippen LogP contribution >= 0.6 is 22.7 Å². The summed E-state index contributed by atoms with van der Waals surface area (Å²) in [5, 5.41) is 11.0.